The van der Waals surface area contributed by atoms with E-state index in [4.69, 9.17) is 9.47 Å². The molecular weight excluding hydrogens is 218 g/mol. The average molecular weight is 237 g/mol. The number of hydrogen-bond acceptors (Lipinski definition) is 5. The molecule has 0 saturated carbocycles. The molecule has 1 unspecified atom stereocenters. The van der Waals surface area contributed by atoms with Crippen LogP contribution in [0, 0.1) is 0 Å². The van der Waals surface area contributed by atoms with E-state index in [0.29, 0.717) is 24.5 Å². The largest absolute Gasteiger partial charge is 0.475 e. The number of ether oxygens (including phenoxy) is 2. The van der Waals surface area contributed by atoms with Crippen molar-refractivity contribution in [2.45, 2.75) is 38.8 Å². The van der Waals surface area contributed by atoms with Crippen LogP contribution in [0.4, 0.5) is 0 Å². The van der Waals surface area contributed by atoms with Gasteiger partial charge in [-0.3, -0.25) is 0 Å². The highest BCUT2D eigenvalue weighted by molar-refractivity contribution is 5.11. The molecule has 1 fully saturated rings. The molecule has 0 bridgehead atoms. The Morgan fingerprint density at radius 3 is 3.12 bits per heavy atom. The minimum atomic E-state index is 0.106. The van der Waals surface area contributed by atoms with Gasteiger partial charge in [0.1, 0.15) is 6.61 Å². The predicted octanol–water partition coefficient (Wildman–Crippen LogP) is 1.39. The fourth-order valence-corrected chi connectivity index (χ4v) is 1.78. The molecular formula is C12H19N3O2. The van der Waals surface area contributed by atoms with Crippen molar-refractivity contribution in [1.82, 2.24) is 15.3 Å². The van der Waals surface area contributed by atoms with Crippen molar-refractivity contribution in [2.24, 2.45) is 0 Å². The third-order valence-corrected chi connectivity index (χ3v) is 2.54. The molecule has 0 aromatic carbocycles. The Balaban J connectivity index is 1.86. The lowest BCUT2D eigenvalue weighted by Crippen LogP contribution is -2.28. The Bertz CT molecular complexity index is 351. The van der Waals surface area contributed by atoms with Crippen LogP contribution in [0.2, 0.25) is 0 Å². The second kappa shape index (κ2) is 5.82. The van der Waals surface area contributed by atoms with E-state index in [1.807, 2.05) is 13.8 Å². The molecule has 1 atom stereocenters. The molecule has 1 aliphatic rings. The molecule has 0 aliphatic carbocycles. The Labute approximate surface area is 102 Å². The third kappa shape index (κ3) is 3.85. The van der Waals surface area contributed by atoms with Crippen LogP contribution in [0.1, 0.15) is 26.7 Å². The molecule has 1 saturated heterocycles. The van der Waals surface area contributed by atoms with Crippen molar-refractivity contribution in [3.63, 3.8) is 0 Å². The lowest BCUT2D eigenvalue weighted by Gasteiger charge is -2.12. The fourth-order valence-electron chi connectivity index (χ4n) is 1.78. The van der Waals surface area contributed by atoms with Crippen molar-refractivity contribution in [3.8, 4) is 11.9 Å². The van der Waals surface area contributed by atoms with E-state index < -0.39 is 0 Å². The van der Waals surface area contributed by atoms with Crippen LogP contribution < -0.4 is 14.8 Å². The van der Waals surface area contributed by atoms with Gasteiger partial charge in [0.15, 0.2) is 0 Å². The number of nitrogens with zero attached hydrogens (tertiary/aromatic N) is 2. The lowest BCUT2D eigenvalue weighted by molar-refractivity contribution is 0.218. The van der Waals surface area contributed by atoms with E-state index in [1.165, 1.54) is 6.42 Å². The Hall–Kier alpha value is -1.36. The summed E-state index contributed by atoms with van der Waals surface area (Å²) >= 11 is 0. The molecule has 2 heterocycles. The number of aromatic nitrogens is 2. The summed E-state index contributed by atoms with van der Waals surface area (Å²) in [5.41, 5.74) is 0. The highest BCUT2D eigenvalue weighted by Crippen LogP contribution is 2.13. The van der Waals surface area contributed by atoms with Gasteiger partial charge in [0.25, 0.3) is 0 Å². The molecule has 94 valence electrons. The first-order chi connectivity index (χ1) is 8.24. The predicted molar refractivity (Wildman–Crippen MR) is 64.3 cm³/mol. The van der Waals surface area contributed by atoms with Crippen molar-refractivity contribution in [3.05, 3.63) is 12.3 Å². The summed E-state index contributed by atoms with van der Waals surface area (Å²) in [4.78, 5) is 8.26. The van der Waals surface area contributed by atoms with Crippen LogP contribution in [-0.4, -0.2) is 35.3 Å². The maximum atomic E-state index is 5.55. The Morgan fingerprint density at radius 2 is 2.41 bits per heavy atom. The van der Waals surface area contributed by atoms with Crippen LogP contribution in [0.5, 0.6) is 11.9 Å². The minimum absolute atomic E-state index is 0.106. The topological polar surface area (TPSA) is 56.3 Å². The van der Waals surface area contributed by atoms with Gasteiger partial charge < -0.3 is 14.8 Å². The molecule has 5 heteroatoms. The zero-order valence-electron chi connectivity index (χ0n) is 10.3. The van der Waals surface area contributed by atoms with Crippen LogP contribution in [0.3, 0.4) is 0 Å². The van der Waals surface area contributed by atoms with Gasteiger partial charge in [0, 0.05) is 18.3 Å². The van der Waals surface area contributed by atoms with Gasteiger partial charge >= 0.3 is 6.01 Å². The van der Waals surface area contributed by atoms with E-state index in [-0.39, 0.29) is 6.10 Å². The van der Waals surface area contributed by atoms with Crippen molar-refractivity contribution in [1.29, 1.82) is 0 Å². The highest BCUT2D eigenvalue weighted by atomic mass is 16.5. The Kier molecular flexibility index (Phi) is 4.14. The molecule has 0 spiro atoms. The average Bonchev–Trinajstić information content (AvgIpc) is 2.79. The first kappa shape index (κ1) is 12.1. The summed E-state index contributed by atoms with van der Waals surface area (Å²) in [6, 6.07) is 2.55. The molecule has 17 heavy (non-hydrogen) atoms. The molecule has 0 amide bonds. The first-order valence-corrected chi connectivity index (χ1v) is 6.10. The standard InChI is InChI=1S/C12H19N3O2/c1-9(2)17-11-5-7-14-12(15-11)16-8-10-4-3-6-13-10/h5,7,9-10,13H,3-4,6,8H2,1-2H3. The van der Waals surface area contributed by atoms with E-state index in [2.05, 4.69) is 15.3 Å². The number of hydrogen-bond donors (Lipinski definition) is 1. The molecule has 1 aliphatic heterocycles. The Morgan fingerprint density at radius 1 is 1.53 bits per heavy atom. The number of nitrogens with one attached hydrogen (secondary N) is 1. The zero-order valence-corrected chi connectivity index (χ0v) is 10.3. The molecule has 1 N–H and O–H groups in total. The van der Waals surface area contributed by atoms with Crippen LogP contribution in [0.15, 0.2) is 12.3 Å². The monoisotopic (exact) mass is 237 g/mol. The van der Waals surface area contributed by atoms with Crippen LogP contribution in [-0.2, 0) is 0 Å². The third-order valence-electron chi connectivity index (χ3n) is 2.54. The zero-order chi connectivity index (χ0) is 12.1. The maximum absolute atomic E-state index is 5.55. The molecule has 5 nitrogen and oxygen atoms in total. The normalized spacial score (nSPS) is 19.6. The van der Waals surface area contributed by atoms with Gasteiger partial charge in [0.2, 0.25) is 5.88 Å². The second-order valence-corrected chi connectivity index (χ2v) is 4.45. The molecule has 1 aromatic heterocycles. The minimum Gasteiger partial charge on any atom is -0.475 e. The smallest absolute Gasteiger partial charge is 0.319 e. The lowest BCUT2D eigenvalue weighted by atomic mass is 10.2. The van der Waals surface area contributed by atoms with E-state index >= 15 is 0 Å². The van der Waals surface area contributed by atoms with Gasteiger partial charge in [-0.25, -0.2) is 4.98 Å². The molecule has 1 aromatic rings. The van der Waals surface area contributed by atoms with Crippen molar-refractivity contribution in [2.75, 3.05) is 13.2 Å². The summed E-state index contributed by atoms with van der Waals surface area (Å²) in [5.74, 6) is 0.560. The van der Waals surface area contributed by atoms with Gasteiger partial charge in [-0.2, -0.15) is 4.98 Å². The van der Waals surface area contributed by atoms with Gasteiger partial charge in [-0.15, -0.1) is 0 Å². The molecule has 2 rings (SSSR count). The summed E-state index contributed by atoms with van der Waals surface area (Å²) < 4.78 is 11.0. The van der Waals surface area contributed by atoms with Gasteiger partial charge in [0.05, 0.1) is 6.10 Å². The maximum Gasteiger partial charge on any atom is 0.319 e. The summed E-state index contributed by atoms with van der Waals surface area (Å²) in [5, 5.41) is 3.36. The van der Waals surface area contributed by atoms with Gasteiger partial charge in [-0.1, -0.05) is 0 Å². The van der Waals surface area contributed by atoms with Crippen LogP contribution in [0.25, 0.3) is 0 Å². The summed E-state index contributed by atoms with van der Waals surface area (Å²) in [7, 11) is 0. The SMILES string of the molecule is CC(C)Oc1ccnc(OCC2CCCN2)n1. The summed E-state index contributed by atoms with van der Waals surface area (Å²) in [6.45, 7) is 5.62. The van der Waals surface area contributed by atoms with Crippen molar-refractivity contribution < 1.29 is 9.47 Å². The summed E-state index contributed by atoms with van der Waals surface area (Å²) in [6.07, 6.45) is 4.13. The molecule has 0 radical (unpaired) electrons. The van der Waals surface area contributed by atoms with E-state index in [1.54, 1.807) is 12.3 Å². The van der Waals surface area contributed by atoms with Crippen LogP contribution >= 0.6 is 0 Å². The van der Waals surface area contributed by atoms with E-state index in [0.717, 1.165) is 13.0 Å². The van der Waals surface area contributed by atoms with Crippen molar-refractivity contribution >= 4 is 0 Å². The second-order valence-electron chi connectivity index (χ2n) is 4.45. The first-order valence-electron chi connectivity index (χ1n) is 6.10. The van der Waals surface area contributed by atoms with E-state index in [9.17, 15) is 0 Å². The fraction of sp³-hybridized carbons (Fsp3) is 0.667. The quantitative estimate of drug-likeness (QED) is 0.838. The number of rotatable bonds is 5. The van der Waals surface area contributed by atoms with Gasteiger partial charge in [-0.05, 0) is 33.2 Å². The highest BCUT2D eigenvalue weighted by Gasteiger charge is 2.15.